The molecule has 0 spiro atoms. The second kappa shape index (κ2) is 6.91. The molecule has 152 valence electrons. The fraction of sp³-hybridized carbons (Fsp3) is 0.316. The van der Waals surface area contributed by atoms with Gasteiger partial charge in [0.05, 0.1) is 15.3 Å². The highest BCUT2D eigenvalue weighted by molar-refractivity contribution is 8.15. The lowest BCUT2D eigenvalue weighted by molar-refractivity contribution is 0.102. The van der Waals surface area contributed by atoms with E-state index in [0.29, 0.717) is 10.7 Å². The van der Waals surface area contributed by atoms with Crippen molar-refractivity contribution in [2.45, 2.75) is 30.1 Å². The van der Waals surface area contributed by atoms with Crippen molar-refractivity contribution in [3.8, 4) is 0 Å². The lowest BCUT2D eigenvalue weighted by Crippen LogP contribution is -2.38. The number of halogens is 4. The summed E-state index contributed by atoms with van der Waals surface area (Å²) in [5.41, 5.74) is 5.08. The number of carbonyl (C=O) groups is 1. The first-order valence-corrected chi connectivity index (χ1v) is 9.90. The third-order valence-corrected chi connectivity index (χ3v) is 6.90. The summed E-state index contributed by atoms with van der Waals surface area (Å²) >= 11 is 6.62. The van der Waals surface area contributed by atoms with Crippen LogP contribution in [0.3, 0.4) is 0 Å². The van der Waals surface area contributed by atoms with Crippen LogP contribution in [0.25, 0.3) is 0 Å². The number of hydrogen-bond acceptors (Lipinski definition) is 5. The van der Waals surface area contributed by atoms with Crippen LogP contribution >= 0.6 is 23.4 Å². The highest BCUT2D eigenvalue weighted by atomic mass is 35.5. The number of nitrogens with two attached hydrogens (primary N) is 1. The Kier molecular flexibility index (Phi) is 4.77. The van der Waals surface area contributed by atoms with Gasteiger partial charge in [0.2, 0.25) is 0 Å². The highest BCUT2D eigenvalue weighted by Crippen LogP contribution is 2.68. The summed E-state index contributed by atoms with van der Waals surface area (Å²) in [6, 6.07) is 6.94. The number of alkyl halides is 2. The second-order valence-electron chi connectivity index (χ2n) is 7.22. The first-order valence-electron chi connectivity index (χ1n) is 8.71. The number of fused-ring (bicyclic) bond motifs is 1. The Labute approximate surface area is 173 Å². The van der Waals surface area contributed by atoms with E-state index in [1.807, 2.05) is 0 Å². The van der Waals surface area contributed by atoms with Gasteiger partial charge in [-0.2, -0.15) is 0 Å². The van der Waals surface area contributed by atoms with E-state index in [1.165, 1.54) is 36.5 Å². The molecule has 0 bridgehead atoms. The van der Waals surface area contributed by atoms with E-state index < -0.39 is 34.4 Å². The van der Waals surface area contributed by atoms with Gasteiger partial charge in [0, 0.05) is 23.4 Å². The molecule has 2 aliphatic rings. The van der Waals surface area contributed by atoms with Crippen molar-refractivity contribution in [2.75, 3.05) is 5.32 Å². The van der Waals surface area contributed by atoms with Crippen LogP contribution in [-0.4, -0.2) is 27.2 Å². The molecule has 29 heavy (non-hydrogen) atoms. The lowest BCUT2D eigenvalue weighted by Gasteiger charge is -2.34. The van der Waals surface area contributed by atoms with Gasteiger partial charge in [-0.25, -0.2) is 18.2 Å². The smallest absolute Gasteiger partial charge is 0.274 e. The molecular weight excluding hydrogens is 425 g/mol. The summed E-state index contributed by atoms with van der Waals surface area (Å²) in [6.07, 6.45) is -1.09. The van der Waals surface area contributed by atoms with Crippen molar-refractivity contribution in [1.82, 2.24) is 4.98 Å². The summed E-state index contributed by atoms with van der Waals surface area (Å²) in [5, 5.41) is 3.02. The molecular formula is C19H16ClF3N4OS. The van der Waals surface area contributed by atoms with E-state index in [1.54, 1.807) is 6.92 Å². The topological polar surface area (TPSA) is 80.4 Å². The zero-order valence-corrected chi connectivity index (χ0v) is 16.7. The Morgan fingerprint density at radius 3 is 2.79 bits per heavy atom. The molecule has 3 atom stereocenters. The van der Waals surface area contributed by atoms with Crippen LogP contribution in [0, 0.1) is 11.7 Å². The molecule has 1 aromatic heterocycles. The predicted molar refractivity (Wildman–Crippen MR) is 107 cm³/mol. The van der Waals surface area contributed by atoms with Gasteiger partial charge >= 0.3 is 0 Å². The number of carbonyl (C=O) groups excluding carboxylic acids is 1. The number of rotatable bonds is 4. The fourth-order valence-corrected chi connectivity index (χ4v) is 5.25. The van der Waals surface area contributed by atoms with E-state index in [-0.39, 0.29) is 22.8 Å². The molecule has 1 aliphatic carbocycles. The van der Waals surface area contributed by atoms with Crippen LogP contribution in [0.5, 0.6) is 0 Å². The van der Waals surface area contributed by atoms with Crippen molar-refractivity contribution in [3.05, 3.63) is 58.6 Å². The predicted octanol–water partition coefficient (Wildman–Crippen LogP) is 4.43. The number of nitrogens with zero attached hydrogens (tertiary/aromatic N) is 2. The molecule has 2 heterocycles. The Morgan fingerprint density at radius 2 is 2.14 bits per heavy atom. The molecule has 1 aliphatic heterocycles. The van der Waals surface area contributed by atoms with Gasteiger partial charge in [0.25, 0.3) is 12.3 Å². The standard InChI is InChI=1S/C19H16ClF3N4OS/c1-18(14-7-19(14,16(22)23)29-17(24)27-18)11-6-10(3-4-12(11)21)26-15(28)13-5-2-9(20)8-25-13/h2-6,8,14,16H,7H2,1H3,(H2,24,27)(H,26,28)/t14-,18-,19-/m0/s1. The second-order valence-corrected chi connectivity index (χ2v) is 9.04. The summed E-state index contributed by atoms with van der Waals surface area (Å²) in [5.74, 6) is -1.68. The maximum atomic E-state index is 14.7. The normalized spacial score (nSPS) is 27.9. The van der Waals surface area contributed by atoms with Crippen molar-refractivity contribution in [1.29, 1.82) is 0 Å². The van der Waals surface area contributed by atoms with Crippen molar-refractivity contribution >= 4 is 40.1 Å². The van der Waals surface area contributed by atoms with Gasteiger partial charge in [-0.15, -0.1) is 0 Å². The molecule has 1 saturated carbocycles. The lowest BCUT2D eigenvalue weighted by atomic mass is 9.85. The highest BCUT2D eigenvalue weighted by Gasteiger charge is 2.71. The molecule has 0 unspecified atom stereocenters. The molecule has 1 fully saturated rings. The van der Waals surface area contributed by atoms with Gasteiger partial charge < -0.3 is 11.1 Å². The number of thioether (sulfide) groups is 1. The number of aromatic nitrogens is 1. The summed E-state index contributed by atoms with van der Waals surface area (Å²) in [6.45, 7) is 1.60. The minimum absolute atomic E-state index is 0.000697. The maximum Gasteiger partial charge on any atom is 0.274 e. The van der Waals surface area contributed by atoms with E-state index >= 15 is 0 Å². The van der Waals surface area contributed by atoms with Gasteiger partial charge in [-0.1, -0.05) is 23.4 Å². The minimum Gasteiger partial charge on any atom is -0.378 e. The number of pyridine rings is 1. The number of amides is 1. The van der Waals surface area contributed by atoms with Gasteiger partial charge in [-0.05, 0) is 43.7 Å². The molecule has 5 nitrogen and oxygen atoms in total. The van der Waals surface area contributed by atoms with Crippen LogP contribution in [0.15, 0.2) is 41.5 Å². The summed E-state index contributed by atoms with van der Waals surface area (Å²) in [4.78, 5) is 20.6. The quantitative estimate of drug-likeness (QED) is 0.737. The number of anilines is 1. The van der Waals surface area contributed by atoms with Crippen molar-refractivity contribution in [2.24, 2.45) is 16.6 Å². The number of nitrogens with one attached hydrogen (secondary N) is 1. The first kappa shape index (κ1) is 20.0. The van der Waals surface area contributed by atoms with E-state index in [2.05, 4.69) is 15.3 Å². The van der Waals surface area contributed by atoms with Gasteiger partial charge in [-0.3, -0.25) is 9.79 Å². The van der Waals surface area contributed by atoms with Crippen LogP contribution in [0.4, 0.5) is 18.9 Å². The Balaban J connectivity index is 1.66. The third-order valence-electron chi connectivity index (χ3n) is 5.37. The third kappa shape index (κ3) is 3.36. The molecule has 4 rings (SSSR count). The zero-order chi connectivity index (χ0) is 21.0. The first-order chi connectivity index (χ1) is 13.7. The minimum atomic E-state index is -2.60. The van der Waals surface area contributed by atoms with Crippen molar-refractivity contribution in [3.63, 3.8) is 0 Å². The number of benzene rings is 1. The molecule has 3 N–H and O–H groups in total. The number of amidine groups is 1. The Bertz CT molecular complexity index is 1020. The zero-order valence-electron chi connectivity index (χ0n) is 15.1. The Morgan fingerprint density at radius 1 is 1.38 bits per heavy atom. The largest absolute Gasteiger partial charge is 0.378 e. The maximum absolute atomic E-state index is 14.7. The molecule has 10 heteroatoms. The van der Waals surface area contributed by atoms with Gasteiger partial charge in [0.15, 0.2) is 5.17 Å². The van der Waals surface area contributed by atoms with Crippen LogP contribution < -0.4 is 11.1 Å². The van der Waals surface area contributed by atoms with Crippen LogP contribution in [0.2, 0.25) is 5.02 Å². The SMILES string of the molecule is C[C@@]1(c2cc(NC(=O)c3ccc(Cl)cn3)ccc2F)N=C(N)S[C@@]2(C(F)F)C[C@@H]12. The van der Waals surface area contributed by atoms with Gasteiger partial charge in [0.1, 0.15) is 11.5 Å². The van der Waals surface area contributed by atoms with E-state index in [0.717, 1.165) is 11.8 Å². The van der Waals surface area contributed by atoms with Crippen LogP contribution in [-0.2, 0) is 5.54 Å². The average molecular weight is 441 g/mol. The molecule has 2 aromatic rings. The van der Waals surface area contributed by atoms with E-state index in [9.17, 15) is 18.0 Å². The molecule has 0 radical (unpaired) electrons. The van der Waals surface area contributed by atoms with E-state index in [4.69, 9.17) is 17.3 Å². The number of hydrogen-bond donors (Lipinski definition) is 2. The summed E-state index contributed by atoms with van der Waals surface area (Å²) in [7, 11) is 0. The monoisotopic (exact) mass is 440 g/mol. The Hall–Kier alpha value is -2.26. The van der Waals surface area contributed by atoms with Crippen molar-refractivity contribution < 1.29 is 18.0 Å². The van der Waals surface area contributed by atoms with Crippen LogP contribution in [0.1, 0.15) is 29.4 Å². The summed E-state index contributed by atoms with van der Waals surface area (Å²) < 4.78 is 40.7. The number of aliphatic imine (C=N–C) groups is 1. The molecule has 1 amide bonds. The fourth-order valence-electron chi connectivity index (χ4n) is 3.80. The molecule has 1 aromatic carbocycles. The molecule has 0 saturated heterocycles. The average Bonchev–Trinajstić information content (AvgIpc) is 3.40.